The summed E-state index contributed by atoms with van der Waals surface area (Å²) in [6.45, 7) is 3.16. The van der Waals surface area contributed by atoms with Crippen LogP contribution >= 0.6 is 0 Å². The lowest BCUT2D eigenvalue weighted by atomic mass is 10.0. The van der Waals surface area contributed by atoms with Crippen LogP contribution in [0.3, 0.4) is 0 Å². The van der Waals surface area contributed by atoms with Crippen molar-refractivity contribution in [3.05, 3.63) is 48.5 Å². The van der Waals surface area contributed by atoms with Crippen LogP contribution in [0.15, 0.2) is 43.0 Å². The minimum absolute atomic E-state index is 0.376. The Kier molecular flexibility index (Phi) is 4.04. The molecule has 0 saturated carbocycles. The number of hydrogen-bond donors (Lipinski definition) is 1. The molecule has 5 nitrogen and oxygen atoms in total. The number of nitrogens with two attached hydrogens (primary N) is 1. The Morgan fingerprint density at radius 2 is 2.00 bits per heavy atom. The summed E-state index contributed by atoms with van der Waals surface area (Å²) in [6.07, 6.45) is 9.99. The van der Waals surface area contributed by atoms with Crippen LogP contribution in [0.4, 0.5) is 0 Å². The van der Waals surface area contributed by atoms with Crippen molar-refractivity contribution >= 4 is 10.8 Å². The number of nitrogens with zero attached hydrogens (tertiary/aromatic N) is 4. The van der Waals surface area contributed by atoms with Crippen molar-refractivity contribution in [2.24, 2.45) is 12.8 Å². The number of fused-ring (bicyclic) bond motifs is 1. The molecule has 0 amide bonds. The zero-order valence-corrected chi connectivity index (χ0v) is 14.0. The first-order valence-corrected chi connectivity index (χ1v) is 8.52. The van der Waals surface area contributed by atoms with Gasteiger partial charge in [-0.2, -0.15) is 5.10 Å². The molecule has 0 spiro atoms. The molecule has 0 atom stereocenters. The maximum absolute atomic E-state index is 6.01. The Balaban J connectivity index is 1.66. The molecule has 1 aliphatic heterocycles. The van der Waals surface area contributed by atoms with E-state index in [1.807, 2.05) is 36.5 Å². The van der Waals surface area contributed by atoms with Crippen LogP contribution in [0.2, 0.25) is 0 Å². The molecule has 3 aromatic rings. The van der Waals surface area contributed by atoms with Crippen LogP contribution in [0.5, 0.6) is 0 Å². The third-order valence-corrected chi connectivity index (χ3v) is 4.88. The van der Waals surface area contributed by atoms with Crippen molar-refractivity contribution in [1.29, 1.82) is 0 Å². The van der Waals surface area contributed by atoms with Crippen molar-refractivity contribution in [2.75, 3.05) is 13.1 Å². The number of aryl methyl sites for hydroxylation is 1. The van der Waals surface area contributed by atoms with Crippen LogP contribution in [0.25, 0.3) is 21.9 Å². The van der Waals surface area contributed by atoms with Gasteiger partial charge in [0, 0.05) is 54.7 Å². The minimum atomic E-state index is 0.376. The molecule has 124 valence electrons. The van der Waals surface area contributed by atoms with Crippen molar-refractivity contribution < 1.29 is 0 Å². The number of benzene rings is 1. The van der Waals surface area contributed by atoms with E-state index in [2.05, 4.69) is 33.2 Å². The zero-order valence-electron chi connectivity index (χ0n) is 14.0. The van der Waals surface area contributed by atoms with Crippen LogP contribution in [0.1, 0.15) is 18.4 Å². The van der Waals surface area contributed by atoms with Gasteiger partial charge < -0.3 is 5.73 Å². The number of piperidine rings is 1. The van der Waals surface area contributed by atoms with Gasteiger partial charge in [-0.1, -0.05) is 12.1 Å². The summed E-state index contributed by atoms with van der Waals surface area (Å²) in [5.74, 6) is 0. The summed E-state index contributed by atoms with van der Waals surface area (Å²) in [5.41, 5.74) is 9.60. The number of likely N-dealkylation sites (tertiary alicyclic amines) is 1. The maximum Gasteiger partial charge on any atom is 0.0568 e. The molecule has 1 saturated heterocycles. The van der Waals surface area contributed by atoms with Crippen molar-refractivity contribution in [1.82, 2.24) is 19.7 Å². The normalized spacial score (nSPS) is 16.8. The Morgan fingerprint density at radius 1 is 1.17 bits per heavy atom. The van der Waals surface area contributed by atoms with Crippen molar-refractivity contribution in [3.63, 3.8) is 0 Å². The van der Waals surface area contributed by atoms with Gasteiger partial charge in [0.05, 0.1) is 6.20 Å². The second-order valence-electron chi connectivity index (χ2n) is 6.76. The van der Waals surface area contributed by atoms with E-state index in [0.29, 0.717) is 6.04 Å². The van der Waals surface area contributed by atoms with E-state index >= 15 is 0 Å². The van der Waals surface area contributed by atoms with Crippen LogP contribution in [-0.2, 0) is 13.6 Å². The quantitative estimate of drug-likeness (QED) is 0.805. The Bertz CT molecular complexity index is 846. The molecule has 1 aliphatic rings. The lowest BCUT2D eigenvalue weighted by Crippen LogP contribution is -2.39. The van der Waals surface area contributed by atoms with Gasteiger partial charge in [-0.3, -0.25) is 14.6 Å². The molecule has 0 aliphatic carbocycles. The maximum atomic E-state index is 6.01. The first kappa shape index (κ1) is 15.3. The molecule has 0 bridgehead atoms. The molecular formula is C19H23N5. The summed E-state index contributed by atoms with van der Waals surface area (Å²) in [5, 5.41) is 6.70. The first-order chi connectivity index (χ1) is 11.7. The summed E-state index contributed by atoms with van der Waals surface area (Å²) in [4.78, 5) is 6.89. The van der Waals surface area contributed by atoms with Gasteiger partial charge in [0.2, 0.25) is 0 Å². The summed E-state index contributed by atoms with van der Waals surface area (Å²) in [6, 6.07) is 7.06. The van der Waals surface area contributed by atoms with Gasteiger partial charge >= 0.3 is 0 Å². The fourth-order valence-corrected chi connectivity index (χ4v) is 3.47. The van der Waals surface area contributed by atoms with E-state index in [9.17, 15) is 0 Å². The highest BCUT2D eigenvalue weighted by molar-refractivity contribution is 5.95. The third kappa shape index (κ3) is 3.05. The molecule has 0 radical (unpaired) electrons. The number of aromatic nitrogens is 3. The summed E-state index contributed by atoms with van der Waals surface area (Å²) < 4.78 is 1.83. The van der Waals surface area contributed by atoms with Gasteiger partial charge in [0.25, 0.3) is 0 Å². The molecule has 0 unspecified atom stereocenters. The van der Waals surface area contributed by atoms with Gasteiger partial charge in [0.15, 0.2) is 0 Å². The largest absolute Gasteiger partial charge is 0.328 e. The Labute approximate surface area is 142 Å². The highest BCUT2D eigenvalue weighted by Gasteiger charge is 2.16. The first-order valence-electron chi connectivity index (χ1n) is 8.52. The predicted molar refractivity (Wildman–Crippen MR) is 96.4 cm³/mol. The molecule has 2 aromatic heterocycles. The second kappa shape index (κ2) is 6.34. The van der Waals surface area contributed by atoms with E-state index in [0.717, 1.165) is 43.6 Å². The summed E-state index contributed by atoms with van der Waals surface area (Å²) >= 11 is 0. The van der Waals surface area contributed by atoms with Crippen LogP contribution in [-0.4, -0.2) is 38.8 Å². The molecular weight excluding hydrogens is 298 g/mol. The average molecular weight is 321 g/mol. The fraction of sp³-hybridized carbons (Fsp3) is 0.368. The smallest absolute Gasteiger partial charge is 0.0568 e. The monoisotopic (exact) mass is 321 g/mol. The second-order valence-corrected chi connectivity index (χ2v) is 6.76. The van der Waals surface area contributed by atoms with Gasteiger partial charge in [-0.15, -0.1) is 0 Å². The SMILES string of the molecule is Cn1cc(-c2cncc3ccc(CN4CCC(N)CC4)cc23)cn1. The van der Waals surface area contributed by atoms with E-state index in [4.69, 9.17) is 5.73 Å². The fourth-order valence-electron chi connectivity index (χ4n) is 3.47. The van der Waals surface area contributed by atoms with Crippen molar-refractivity contribution in [3.8, 4) is 11.1 Å². The topological polar surface area (TPSA) is 60.0 Å². The third-order valence-electron chi connectivity index (χ3n) is 4.88. The lowest BCUT2D eigenvalue weighted by molar-refractivity contribution is 0.206. The van der Waals surface area contributed by atoms with E-state index in [1.54, 1.807) is 0 Å². The molecule has 4 rings (SSSR count). The van der Waals surface area contributed by atoms with Crippen LogP contribution in [0, 0.1) is 0 Å². The van der Waals surface area contributed by atoms with Crippen molar-refractivity contribution in [2.45, 2.75) is 25.4 Å². The minimum Gasteiger partial charge on any atom is -0.328 e. The highest BCUT2D eigenvalue weighted by atomic mass is 15.2. The summed E-state index contributed by atoms with van der Waals surface area (Å²) in [7, 11) is 1.94. The Hall–Kier alpha value is -2.24. The molecule has 3 heterocycles. The van der Waals surface area contributed by atoms with Crippen LogP contribution < -0.4 is 5.73 Å². The Morgan fingerprint density at radius 3 is 2.75 bits per heavy atom. The molecule has 2 N–H and O–H groups in total. The van der Waals surface area contributed by atoms with E-state index < -0.39 is 0 Å². The highest BCUT2D eigenvalue weighted by Crippen LogP contribution is 2.28. The standard InChI is InChI=1S/C19H23N5/c1-23-13-16(10-22-23)19-11-21-9-15-3-2-14(8-18(15)19)12-24-6-4-17(20)5-7-24/h2-3,8-11,13,17H,4-7,12,20H2,1H3. The average Bonchev–Trinajstić information content (AvgIpc) is 3.03. The van der Waals surface area contributed by atoms with Gasteiger partial charge in [0.1, 0.15) is 0 Å². The molecule has 5 heteroatoms. The molecule has 1 fully saturated rings. The van der Waals surface area contributed by atoms with E-state index in [-0.39, 0.29) is 0 Å². The van der Waals surface area contributed by atoms with Gasteiger partial charge in [-0.25, -0.2) is 0 Å². The number of pyridine rings is 1. The zero-order chi connectivity index (χ0) is 16.5. The molecule has 24 heavy (non-hydrogen) atoms. The number of rotatable bonds is 3. The number of hydrogen-bond acceptors (Lipinski definition) is 4. The lowest BCUT2D eigenvalue weighted by Gasteiger charge is -2.30. The predicted octanol–water partition coefficient (Wildman–Crippen LogP) is 2.56. The van der Waals surface area contributed by atoms with Gasteiger partial charge in [-0.05, 0) is 42.9 Å². The molecule has 1 aromatic carbocycles. The van der Waals surface area contributed by atoms with E-state index in [1.165, 1.54) is 16.3 Å².